The third-order valence-electron chi connectivity index (χ3n) is 5.74. The molecule has 0 aliphatic carbocycles. The minimum absolute atomic E-state index is 0.0741. The predicted molar refractivity (Wildman–Crippen MR) is 106 cm³/mol. The van der Waals surface area contributed by atoms with Crippen molar-refractivity contribution in [2.45, 2.75) is 18.5 Å². The molecule has 1 aromatic carbocycles. The molecule has 0 spiro atoms. The number of benzene rings is 1. The quantitative estimate of drug-likeness (QED) is 0.702. The Hall–Kier alpha value is -3.22. The number of nitrogens with zero attached hydrogens (tertiary/aromatic N) is 5. The molecule has 2 fully saturated rings. The summed E-state index contributed by atoms with van der Waals surface area (Å²) < 4.78 is 14.9. The Kier molecular flexibility index (Phi) is 3.89. The van der Waals surface area contributed by atoms with Crippen LogP contribution < -0.4 is 15.4 Å². The van der Waals surface area contributed by atoms with Crippen molar-refractivity contribution < 1.29 is 4.39 Å². The van der Waals surface area contributed by atoms with Crippen molar-refractivity contribution in [3.63, 3.8) is 0 Å². The van der Waals surface area contributed by atoms with Crippen molar-refractivity contribution >= 4 is 11.6 Å². The van der Waals surface area contributed by atoms with Gasteiger partial charge in [0.1, 0.15) is 5.82 Å². The molecule has 0 radical (unpaired) electrons. The largest absolute Gasteiger partial charge is 0.365 e. The van der Waals surface area contributed by atoms with E-state index in [1.165, 1.54) is 12.1 Å². The minimum Gasteiger partial charge on any atom is -0.365 e. The lowest BCUT2D eigenvalue weighted by molar-refractivity contribution is 0.611. The Labute approximate surface area is 161 Å². The Balaban J connectivity index is 1.45. The van der Waals surface area contributed by atoms with Crippen LogP contribution in [0, 0.1) is 5.82 Å². The average molecular weight is 377 g/mol. The normalized spacial score (nSPS) is 20.8. The smallest absolute Gasteiger partial charge is 0.255 e. The number of piperazine rings is 1. The molecule has 0 saturated carbocycles. The van der Waals surface area contributed by atoms with Crippen molar-refractivity contribution in [1.29, 1.82) is 0 Å². The van der Waals surface area contributed by atoms with Gasteiger partial charge in [-0.15, -0.1) is 0 Å². The third-order valence-corrected chi connectivity index (χ3v) is 5.74. The fraction of sp³-hybridized carbons (Fsp3) is 0.286. The number of anilines is 2. The van der Waals surface area contributed by atoms with Crippen LogP contribution in [0.3, 0.4) is 0 Å². The van der Waals surface area contributed by atoms with Gasteiger partial charge >= 0.3 is 0 Å². The van der Waals surface area contributed by atoms with Crippen LogP contribution >= 0.6 is 0 Å². The van der Waals surface area contributed by atoms with Crippen molar-refractivity contribution in [3.8, 4) is 11.3 Å². The fourth-order valence-corrected chi connectivity index (χ4v) is 4.32. The molecule has 6 nitrogen and oxygen atoms in total. The molecule has 2 atom stereocenters. The van der Waals surface area contributed by atoms with Gasteiger partial charge in [0.25, 0.3) is 5.56 Å². The SMILES string of the molecule is Cn1c(N2CC3CC2CN3c2ccc(F)cc2)nc(-c2ccncc2)cc1=O. The van der Waals surface area contributed by atoms with Gasteiger partial charge in [0.15, 0.2) is 0 Å². The van der Waals surface area contributed by atoms with E-state index in [0.717, 1.165) is 30.8 Å². The highest BCUT2D eigenvalue weighted by molar-refractivity contribution is 5.61. The van der Waals surface area contributed by atoms with Crippen LogP contribution in [0.4, 0.5) is 16.0 Å². The number of aromatic nitrogens is 3. The zero-order valence-electron chi connectivity index (χ0n) is 15.5. The molecule has 0 N–H and O–H groups in total. The van der Waals surface area contributed by atoms with Gasteiger partial charge in [-0.05, 0) is 42.8 Å². The number of hydrogen-bond acceptors (Lipinski definition) is 5. The van der Waals surface area contributed by atoms with Gasteiger partial charge in [-0.25, -0.2) is 9.37 Å². The number of fused-ring (bicyclic) bond motifs is 2. The monoisotopic (exact) mass is 377 g/mol. The van der Waals surface area contributed by atoms with Crippen LogP contribution in [0.1, 0.15) is 6.42 Å². The summed E-state index contributed by atoms with van der Waals surface area (Å²) in [6, 6.07) is 12.6. The molecule has 2 aliphatic heterocycles. The van der Waals surface area contributed by atoms with E-state index >= 15 is 0 Å². The molecule has 7 heteroatoms. The zero-order chi connectivity index (χ0) is 19.3. The van der Waals surface area contributed by atoms with Crippen LogP contribution in [0.25, 0.3) is 11.3 Å². The van der Waals surface area contributed by atoms with E-state index in [-0.39, 0.29) is 17.4 Å². The van der Waals surface area contributed by atoms with Crippen LogP contribution in [0.5, 0.6) is 0 Å². The molecule has 3 aromatic rings. The highest BCUT2D eigenvalue weighted by atomic mass is 19.1. The van der Waals surface area contributed by atoms with Gasteiger partial charge in [0.2, 0.25) is 5.95 Å². The molecular formula is C21H20FN5O. The fourth-order valence-electron chi connectivity index (χ4n) is 4.32. The maximum atomic E-state index is 13.2. The van der Waals surface area contributed by atoms with Gasteiger partial charge in [0, 0.05) is 55.9 Å². The first-order valence-electron chi connectivity index (χ1n) is 9.37. The van der Waals surface area contributed by atoms with Gasteiger partial charge in [-0.1, -0.05) is 0 Å². The second-order valence-corrected chi connectivity index (χ2v) is 7.40. The maximum absolute atomic E-state index is 13.2. The molecule has 28 heavy (non-hydrogen) atoms. The minimum atomic E-state index is -0.221. The van der Waals surface area contributed by atoms with Crippen LogP contribution in [0.2, 0.25) is 0 Å². The van der Waals surface area contributed by atoms with Gasteiger partial charge in [-0.3, -0.25) is 14.3 Å². The number of halogens is 1. The Bertz CT molecular complexity index is 1070. The van der Waals surface area contributed by atoms with Crippen LogP contribution in [-0.4, -0.2) is 39.7 Å². The Morgan fingerprint density at radius 1 is 1.00 bits per heavy atom. The third kappa shape index (κ3) is 2.74. The second kappa shape index (κ2) is 6.44. The first kappa shape index (κ1) is 16.9. The van der Waals surface area contributed by atoms with Gasteiger partial charge < -0.3 is 9.80 Å². The van der Waals surface area contributed by atoms with Crippen molar-refractivity contribution in [2.75, 3.05) is 22.9 Å². The van der Waals surface area contributed by atoms with Gasteiger partial charge in [-0.2, -0.15) is 0 Å². The van der Waals surface area contributed by atoms with E-state index in [1.54, 1.807) is 30.1 Å². The summed E-state index contributed by atoms with van der Waals surface area (Å²) in [5.41, 5.74) is 2.51. The summed E-state index contributed by atoms with van der Waals surface area (Å²) in [6.45, 7) is 1.63. The average Bonchev–Trinajstić information content (AvgIpc) is 3.32. The number of pyridine rings is 1. The molecule has 2 unspecified atom stereocenters. The van der Waals surface area contributed by atoms with E-state index in [2.05, 4.69) is 14.8 Å². The van der Waals surface area contributed by atoms with Crippen molar-refractivity contribution in [3.05, 3.63) is 71.0 Å². The van der Waals surface area contributed by atoms with Crippen molar-refractivity contribution in [1.82, 2.24) is 14.5 Å². The lowest BCUT2D eigenvalue weighted by atomic mass is 10.2. The van der Waals surface area contributed by atoms with E-state index in [4.69, 9.17) is 4.98 Å². The van der Waals surface area contributed by atoms with E-state index in [0.29, 0.717) is 17.7 Å². The molecule has 2 aromatic heterocycles. The standard InChI is InChI=1S/C21H20FN5O/c1-25-20(28)11-19(14-6-8-23-9-7-14)24-21(25)27-13-17-10-18(27)12-26(17)16-4-2-15(22)3-5-16/h2-9,11,17-18H,10,12-13H2,1H3. The molecule has 2 aliphatic rings. The molecule has 0 amide bonds. The highest BCUT2D eigenvalue weighted by Gasteiger charge is 2.44. The summed E-state index contributed by atoms with van der Waals surface area (Å²) in [6.07, 6.45) is 4.41. The summed E-state index contributed by atoms with van der Waals surface area (Å²) in [4.78, 5) is 25.9. The van der Waals surface area contributed by atoms with E-state index < -0.39 is 0 Å². The molecular weight excluding hydrogens is 357 g/mol. The Morgan fingerprint density at radius 2 is 1.68 bits per heavy atom. The topological polar surface area (TPSA) is 54.3 Å². The lowest BCUT2D eigenvalue weighted by Gasteiger charge is -2.36. The second-order valence-electron chi connectivity index (χ2n) is 7.40. The summed E-state index contributed by atoms with van der Waals surface area (Å²) in [5, 5.41) is 0. The first-order valence-corrected chi connectivity index (χ1v) is 9.37. The van der Waals surface area contributed by atoms with Crippen LogP contribution in [-0.2, 0) is 7.05 Å². The molecule has 142 valence electrons. The van der Waals surface area contributed by atoms with Gasteiger partial charge in [0.05, 0.1) is 11.7 Å². The zero-order valence-corrected chi connectivity index (χ0v) is 15.5. The summed E-state index contributed by atoms with van der Waals surface area (Å²) >= 11 is 0. The summed E-state index contributed by atoms with van der Waals surface area (Å²) in [7, 11) is 1.77. The molecule has 2 bridgehead atoms. The number of rotatable bonds is 3. The lowest BCUT2D eigenvalue weighted by Crippen LogP contribution is -2.48. The summed E-state index contributed by atoms with van der Waals surface area (Å²) in [5.74, 6) is 0.479. The molecule has 4 heterocycles. The van der Waals surface area contributed by atoms with E-state index in [9.17, 15) is 9.18 Å². The molecule has 2 saturated heterocycles. The number of hydrogen-bond donors (Lipinski definition) is 0. The first-order chi connectivity index (χ1) is 13.6. The van der Waals surface area contributed by atoms with Crippen LogP contribution in [0.15, 0.2) is 59.7 Å². The molecule has 5 rings (SSSR count). The van der Waals surface area contributed by atoms with E-state index in [1.807, 2.05) is 24.3 Å². The Morgan fingerprint density at radius 3 is 2.36 bits per heavy atom. The highest BCUT2D eigenvalue weighted by Crippen LogP contribution is 2.36. The maximum Gasteiger partial charge on any atom is 0.255 e. The predicted octanol–water partition coefficient (Wildman–Crippen LogP) is 2.45. The van der Waals surface area contributed by atoms with Crippen molar-refractivity contribution in [2.24, 2.45) is 7.05 Å².